The van der Waals surface area contributed by atoms with Gasteiger partial charge >= 0.3 is 0 Å². The Morgan fingerprint density at radius 1 is 1.40 bits per heavy atom. The normalized spacial score (nSPS) is 13.5. The molecule has 0 aliphatic rings. The molecule has 0 aromatic rings. The summed E-state index contributed by atoms with van der Waals surface area (Å²) in [6, 6.07) is 0. The third kappa shape index (κ3) is 6.01. The fourth-order valence-electron chi connectivity index (χ4n) is 0.820. The first-order valence-corrected chi connectivity index (χ1v) is 3.88. The van der Waals surface area contributed by atoms with Gasteiger partial charge in [-0.15, -0.1) is 0 Å². The van der Waals surface area contributed by atoms with E-state index in [0.717, 1.165) is 25.8 Å². The van der Waals surface area contributed by atoms with Crippen molar-refractivity contribution in [2.75, 3.05) is 20.2 Å². The highest BCUT2D eigenvalue weighted by molar-refractivity contribution is 4.51. The Hall–Kier alpha value is -0.120. The molecule has 0 bridgehead atoms. The van der Waals surface area contributed by atoms with Crippen LogP contribution in [-0.4, -0.2) is 36.5 Å². The number of hydrogen-bond donors (Lipinski definition) is 3. The Labute approximate surface area is 62.1 Å². The largest absolute Gasteiger partial charge is 0.394 e. The molecule has 0 saturated carbocycles. The molecule has 0 aliphatic carbocycles. The first-order chi connectivity index (χ1) is 4.81. The van der Waals surface area contributed by atoms with Crippen molar-refractivity contribution >= 4 is 0 Å². The van der Waals surface area contributed by atoms with Gasteiger partial charge in [0, 0.05) is 0 Å². The van der Waals surface area contributed by atoms with E-state index in [1.165, 1.54) is 0 Å². The third-order valence-electron chi connectivity index (χ3n) is 1.49. The zero-order valence-corrected chi connectivity index (χ0v) is 6.58. The number of hydrogen-bond acceptors (Lipinski definition) is 2. The fourth-order valence-corrected chi connectivity index (χ4v) is 0.820. The van der Waals surface area contributed by atoms with Gasteiger partial charge in [0.2, 0.25) is 0 Å². The summed E-state index contributed by atoms with van der Waals surface area (Å²) in [7, 11) is 2.03. The van der Waals surface area contributed by atoms with Crippen LogP contribution in [-0.2, 0) is 0 Å². The van der Waals surface area contributed by atoms with Crippen LogP contribution in [0, 0.1) is 0 Å². The van der Waals surface area contributed by atoms with E-state index in [0.29, 0.717) is 0 Å². The summed E-state index contributed by atoms with van der Waals surface area (Å²) in [6.07, 6.45) is 2.35. The highest BCUT2D eigenvalue weighted by Gasteiger charge is 1.99. The smallest absolute Gasteiger partial charge is 0.0771 e. The number of quaternary nitrogens is 1. The lowest BCUT2D eigenvalue weighted by molar-refractivity contribution is -0.627. The van der Waals surface area contributed by atoms with Gasteiger partial charge in [0.1, 0.15) is 0 Å². The molecular formula is C7H18NO2+. The number of rotatable bonds is 6. The second kappa shape index (κ2) is 6.99. The van der Waals surface area contributed by atoms with E-state index in [-0.39, 0.29) is 6.61 Å². The second-order valence-corrected chi connectivity index (χ2v) is 2.53. The van der Waals surface area contributed by atoms with Crippen molar-refractivity contribution in [1.82, 2.24) is 0 Å². The van der Waals surface area contributed by atoms with Gasteiger partial charge in [-0.25, -0.2) is 0 Å². The van der Waals surface area contributed by atoms with Crippen LogP contribution in [0.5, 0.6) is 0 Å². The molecule has 4 N–H and O–H groups in total. The molecule has 0 rings (SSSR count). The van der Waals surface area contributed by atoms with Crippen LogP contribution in [0.2, 0.25) is 0 Å². The van der Waals surface area contributed by atoms with Gasteiger partial charge < -0.3 is 15.5 Å². The van der Waals surface area contributed by atoms with E-state index in [4.69, 9.17) is 10.2 Å². The van der Waals surface area contributed by atoms with E-state index in [2.05, 4.69) is 5.32 Å². The third-order valence-corrected chi connectivity index (χ3v) is 1.49. The van der Waals surface area contributed by atoms with Crippen LogP contribution in [0.4, 0.5) is 0 Å². The summed E-state index contributed by atoms with van der Waals surface area (Å²) in [5.41, 5.74) is 0. The SMILES string of the molecule is C[NH2+]CCCCC(O)CO. The van der Waals surface area contributed by atoms with Crippen LogP contribution < -0.4 is 5.32 Å². The minimum atomic E-state index is -0.503. The molecule has 62 valence electrons. The molecule has 0 saturated heterocycles. The maximum Gasteiger partial charge on any atom is 0.0771 e. The first kappa shape index (κ1) is 9.88. The average molecular weight is 148 g/mol. The molecule has 1 atom stereocenters. The summed E-state index contributed by atoms with van der Waals surface area (Å²) >= 11 is 0. The highest BCUT2D eigenvalue weighted by atomic mass is 16.3. The molecule has 0 spiro atoms. The summed E-state index contributed by atoms with van der Waals surface area (Å²) in [5, 5.41) is 19.4. The van der Waals surface area contributed by atoms with Crippen LogP contribution in [0.15, 0.2) is 0 Å². The van der Waals surface area contributed by atoms with Gasteiger partial charge in [-0.1, -0.05) is 0 Å². The van der Waals surface area contributed by atoms with Crippen molar-refractivity contribution < 1.29 is 15.5 Å². The lowest BCUT2D eigenvalue weighted by Gasteiger charge is -2.04. The molecule has 0 aromatic heterocycles. The molecule has 0 aliphatic heterocycles. The van der Waals surface area contributed by atoms with E-state index < -0.39 is 6.10 Å². The molecule has 3 heteroatoms. The molecule has 3 nitrogen and oxygen atoms in total. The van der Waals surface area contributed by atoms with E-state index in [1.807, 2.05) is 7.05 Å². The predicted molar refractivity (Wildman–Crippen MR) is 39.7 cm³/mol. The highest BCUT2D eigenvalue weighted by Crippen LogP contribution is 1.97. The number of unbranched alkanes of at least 4 members (excludes halogenated alkanes) is 1. The first-order valence-electron chi connectivity index (χ1n) is 3.88. The fraction of sp³-hybridized carbons (Fsp3) is 1.00. The van der Waals surface area contributed by atoms with Crippen molar-refractivity contribution in [2.24, 2.45) is 0 Å². The Balaban J connectivity index is 2.89. The van der Waals surface area contributed by atoms with Gasteiger partial charge in [0.25, 0.3) is 0 Å². The predicted octanol–water partition coefficient (Wildman–Crippen LogP) is -1.30. The van der Waals surface area contributed by atoms with E-state index in [1.54, 1.807) is 0 Å². The zero-order chi connectivity index (χ0) is 7.82. The van der Waals surface area contributed by atoms with Crippen LogP contribution in [0.25, 0.3) is 0 Å². The number of aliphatic hydroxyl groups excluding tert-OH is 2. The van der Waals surface area contributed by atoms with Crippen molar-refractivity contribution in [2.45, 2.75) is 25.4 Å². The Bertz CT molecular complexity index is 68.6. The summed E-state index contributed by atoms with van der Waals surface area (Å²) in [6.45, 7) is 1.01. The summed E-state index contributed by atoms with van der Waals surface area (Å²) in [5.74, 6) is 0. The Morgan fingerprint density at radius 2 is 2.10 bits per heavy atom. The van der Waals surface area contributed by atoms with Gasteiger partial charge in [-0.2, -0.15) is 0 Å². The molecular weight excluding hydrogens is 130 g/mol. The molecule has 0 fully saturated rings. The maximum atomic E-state index is 8.90. The van der Waals surface area contributed by atoms with Gasteiger partial charge in [-0.3, -0.25) is 0 Å². The van der Waals surface area contributed by atoms with Gasteiger partial charge in [-0.05, 0) is 19.3 Å². The van der Waals surface area contributed by atoms with Gasteiger partial charge in [0.15, 0.2) is 0 Å². The van der Waals surface area contributed by atoms with Crippen molar-refractivity contribution in [3.8, 4) is 0 Å². The van der Waals surface area contributed by atoms with Crippen LogP contribution in [0.3, 0.4) is 0 Å². The van der Waals surface area contributed by atoms with Crippen LogP contribution in [0.1, 0.15) is 19.3 Å². The van der Waals surface area contributed by atoms with Crippen molar-refractivity contribution in [1.29, 1.82) is 0 Å². The average Bonchev–Trinajstić information content (AvgIpc) is 1.98. The standard InChI is InChI=1S/C7H17NO2/c1-8-5-3-2-4-7(10)6-9/h7-10H,2-6H2,1H3/p+1. The van der Waals surface area contributed by atoms with Crippen molar-refractivity contribution in [3.05, 3.63) is 0 Å². The second-order valence-electron chi connectivity index (χ2n) is 2.53. The van der Waals surface area contributed by atoms with E-state index in [9.17, 15) is 0 Å². The lowest BCUT2D eigenvalue weighted by atomic mass is 10.1. The molecule has 1 unspecified atom stereocenters. The number of aliphatic hydroxyl groups is 2. The van der Waals surface area contributed by atoms with Gasteiger partial charge in [0.05, 0.1) is 26.3 Å². The molecule has 0 radical (unpaired) electrons. The summed E-state index contributed by atoms with van der Waals surface area (Å²) in [4.78, 5) is 0. The minimum Gasteiger partial charge on any atom is -0.394 e. The molecule has 0 amide bonds. The zero-order valence-electron chi connectivity index (χ0n) is 6.58. The Morgan fingerprint density at radius 3 is 2.60 bits per heavy atom. The molecule has 10 heavy (non-hydrogen) atoms. The molecule has 0 heterocycles. The quantitative estimate of drug-likeness (QED) is 0.410. The minimum absolute atomic E-state index is 0.101. The number of nitrogens with two attached hydrogens (primary N) is 1. The van der Waals surface area contributed by atoms with E-state index >= 15 is 0 Å². The topological polar surface area (TPSA) is 57.1 Å². The molecule has 0 aromatic carbocycles. The Kier molecular flexibility index (Phi) is 6.91. The lowest BCUT2D eigenvalue weighted by Crippen LogP contribution is -2.79. The monoisotopic (exact) mass is 148 g/mol. The maximum absolute atomic E-state index is 8.90. The summed E-state index contributed by atoms with van der Waals surface area (Å²) < 4.78 is 0. The van der Waals surface area contributed by atoms with Crippen LogP contribution >= 0.6 is 0 Å². The van der Waals surface area contributed by atoms with Crippen molar-refractivity contribution in [3.63, 3.8) is 0 Å².